The molecule has 2 N–H and O–H groups in total. The van der Waals surface area contributed by atoms with Gasteiger partial charge in [0.1, 0.15) is 6.61 Å². The zero-order valence-corrected chi connectivity index (χ0v) is 32.0. The summed E-state index contributed by atoms with van der Waals surface area (Å²) in [6.07, 6.45) is 21.6. The van der Waals surface area contributed by atoms with Crippen LogP contribution in [0.4, 0.5) is 0 Å². The average molecular weight is 719 g/mol. The van der Waals surface area contributed by atoms with Crippen molar-refractivity contribution < 1.29 is 53.0 Å². The standard InChI is InChI=1S/C39H74O11/c1-45-31-34(40)23-16-10-4-7-13-19-26-37(42)48-29-22-30-49-38(43)27-20-14-9-6-12-18-25-36(47-3)33-50-39(44)28-21-15-8-5-11-17-24-35(41)32-46-2/h34-36,40-41H,4-33H2,1-3H3. The number of carbonyl (C=O) groups is 3. The van der Waals surface area contributed by atoms with Gasteiger partial charge in [0.05, 0.1) is 44.7 Å². The maximum atomic E-state index is 12.1. The van der Waals surface area contributed by atoms with E-state index in [1.807, 2.05) is 0 Å². The minimum atomic E-state index is -0.373. The highest BCUT2D eigenvalue weighted by atomic mass is 16.6. The van der Waals surface area contributed by atoms with E-state index in [0.29, 0.717) is 45.5 Å². The fourth-order valence-electron chi connectivity index (χ4n) is 5.72. The summed E-state index contributed by atoms with van der Waals surface area (Å²) in [7, 11) is 4.85. The van der Waals surface area contributed by atoms with Crippen molar-refractivity contribution in [2.45, 2.75) is 179 Å². The third kappa shape index (κ3) is 34.6. The molecule has 0 aromatic rings. The SMILES string of the molecule is COCC(O)CCCCCCCCC(=O)OCCCOC(=O)CCCCCCCCC(COC(=O)CCCCCCCCC(O)COC)OC. The Labute approximate surface area is 303 Å². The first-order valence-corrected chi connectivity index (χ1v) is 19.7. The average Bonchev–Trinajstić information content (AvgIpc) is 3.09. The molecule has 0 amide bonds. The summed E-state index contributed by atoms with van der Waals surface area (Å²) in [5, 5.41) is 19.3. The molecule has 0 aliphatic rings. The van der Waals surface area contributed by atoms with Gasteiger partial charge in [0.2, 0.25) is 0 Å². The number of rotatable bonds is 38. The summed E-state index contributed by atoms with van der Waals surface area (Å²) >= 11 is 0. The Morgan fingerprint density at radius 2 is 0.760 bits per heavy atom. The molecule has 0 bridgehead atoms. The Morgan fingerprint density at radius 3 is 1.14 bits per heavy atom. The quantitative estimate of drug-likeness (QED) is 0.0374. The molecule has 3 atom stereocenters. The van der Waals surface area contributed by atoms with Gasteiger partial charge in [-0.05, 0) is 38.5 Å². The van der Waals surface area contributed by atoms with Crippen LogP contribution in [0.15, 0.2) is 0 Å². The first-order valence-electron chi connectivity index (χ1n) is 19.7. The van der Waals surface area contributed by atoms with Gasteiger partial charge in [-0.25, -0.2) is 0 Å². The number of carbonyl (C=O) groups excluding carboxylic acids is 3. The summed E-state index contributed by atoms with van der Waals surface area (Å²) in [6, 6.07) is 0. The largest absolute Gasteiger partial charge is 0.466 e. The monoisotopic (exact) mass is 719 g/mol. The number of hydrogen-bond donors (Lipinski definition) is 2. The maximum absolute atomic E-state index is 12.1. The number of aliphatic hydroxyl groups excluding tert-OH is 2. The molecule has 11 nitrogen and oxygen atoms in total. The predicted molar refractivity (Wildman–Crippen MR) is 195 cm³/mol. The molecule has 11 heteroatoms. The van der Waals surface area contributed by atoms with Crippen molar-refractivity contribution in [3.63, 3.8) is 0 Å². The molecule has 0 heterocycles. The topological polar surface area (TPSA) is 147 Å². The minimum Gasteiger partial charge on any atom is -0.466 e. The van der Waals surface area contributed by atoms with Crippen LogP contribution in [0.3, 0.4) is 0 Å². The van der Waals surface area contributed by atoms with Gasteiger partial charge < -0.3 is 38.6 Å². The number of methoxy groups -OCH3 is 3. The van der Waals surface area contributed by atoms with Crippen molar-refractivity contribution in [3.05, 3.63) is 0 Å². The maximum Gasteiger partial charge on any atom is 0.305 e. The lowest BCUT2D eigenvalue weighted by atomic mass is 10.1. The number of ether oxygens (including phenoxy) is 6. The van der Waals surface area contributed by atoms with E-state index in [1.165, 1.54) is 0 Å². The van der Waals surface area contributed by atoms with Gasteiger partial charge >= 0.3 is 17.9 Å². The molecule has 0 aromatic heterocycles. The number of hydrogen-bond acceptors (Lipinski definition) is 11. The lowest BCUT2D eigenvalue weighted by molar-refractivity contribution is -0.148. The third-order valence-electron chi connectivity index (χ3n) is 8.79. The van der Waals surface area contributed by atoms with Gasteiger partial charge in [-0.1, -0.05) is 96.3 Å². The van der Waals surface area contributed by atoms with Crippen LogP contribution < -0.4 is 0 Å². The van der Waals surface area contributed by atoms with Gasteiger partial charge in [0.15, 0.2) is 0 Å². The molecule has 296 valence electrons. The van der Waals surface area contributed by atoms with Crippen LogP contribution in [0, 0.1) is 0 Å². The van der Waals surface area contributed by atoms with E-state index in [4.69, 9.17) is 28.4 Å². The van der Waals surface area contributed by atoms with Crippen molar-refractivity contribution in [3.8, 4) is 0 Å². The smallest absolute Gasteiger partial charge is 0.305 e. The molecule has 0 radical (unpaired) electrons. The van der Waals surface area contributed by atoms with Crippen LogP contribution in [0.25, 0.3) is 0 Å². The molecule has 0 rings (SSSR count). The summed E-state index contributed by atoms with van der Waals surface area (Å²) in [5.41, 5.74) is 0. The van der Waals surface area contributed by atoms with Crippen molar-refractivity contribution in [2.75, 3.05) is 54.4 Å². The molecule has 0 aliphatic carbocycles. The fourth-order valence-corrected chi connectivity index (χ4v) is 5.72. The molecule has 0 aliphatic heterocycles. The number of aliphatic hydroxyl groups is 2. The summed E-state index contributed by atoms with van der Waals surface area (Å²) < 4.78 is 31.3. The Balaban J connectivity index is 3.53. The van der Waals surface area contributed by atoms with Crippen molar-refractivity contribution in [2.24, 2.45) is 0 Å². The second-order valence-electron chi connectivity index (χ2n) is 13.5. The lowest BCUT2D eigenvalue weighted by Crippen LogP contribution is -2.20. The van der Waals surface area contributed by atoms with Gasteiger partial charge in [-0.2, -0.15) is 0 Å². The Hall–Kier alpha value is -1.79. The lowest BCUT2D eigenvalue weighted by Gasteiger charge is -2.15. The van der Waals surface area contributed by atoms with E-state index in [-0.39, 0.29) is 49.4 Å². The molecular weight excluding hydrogens is 644 g/mol. The van der Waals surface area contributed by atoms with Crippen LogP contribution in [0.1, 0.15) is 161 Å². The Kier molecular flexibility index (Phi) is 35.7. The molecular formula is C39H74O11. The molecule has 3 unspecified atom stereocenters. The third-order valence-corrected chi connectivity index (χ3v) is 8.79. The van der Waals surface area contributed by atoms with Crippen LogP contribution in [-0.2, 0) is 42.8 Å². The first-order chi connectivity index (χ1) is 24.3. The van der Waals surface area contributed by atoms with Gasteiger partial charge in [-0.3, -0.25) is 14.4 Å². The highest BCUT2D eigenvalue weighted by molar-refractivity contribution is 5.70. The van der Waals surface area contributed by atoms with E-state index in [1.54, 1.807) is 21.3 Å². The fraction of sp³-hybridized carbons (Fsp3) is 0.923. The first kappa shape index (κ1) is 48.2. The highest BCUT2D eigenvalue weighted by Gasteiger charge is 2.12. The van der Waals surface area contributed by atoms with E-state index in [0.717, 1.165) is 135 Å². The normalized spacial score (nSPS) is 13.1. The summed E-state index contributed by atoms with van der Waals surface area (Å²) in [4.78, 5) is 35.9. The second kappa shape index (κ2) is 37.0. The van der Waals surface area contributed by atoms with E-state index in [2.05, 4.69) is 0 Å². The minimum absolute atomic E-state index is 0.0786. The zero-order chi connectivity index (χ0) is 36.9. The number of esters is 3. The molecule has 0 fully saturated rings. The highest BCUT2D eigenvalue weighted by Crippen LogP contribution is 2.14. The van der Waals surface area contributed by atoms with Crippen LogP contribution in [0.5, 0.6) is 0 Å². The Morgan fingerprint density at radius 1 is 0.420 bits per heavy atom. The van der Waals surface area contributed by atoms with Gasteiger partial charge in [0, 0.05) is 47.0 Å². The second-order valence-corrected chi connectivity index (χ2v) is 13.5. The molecule has 0 spiro atoms. The van der Waals surface area contributed by atoms with Crippen LogP contribution in [0.2, 0.25) is 0 Å². The van der Waals surface area contributed by atoms with Crippen LogP contribution >= 0.6 is 0 Å². The zero-order valence-electron chi connectivity index (χ0n) is 32.0. The van der Waals surface area contributed by atoms with Gasteiger partial charge in [0.25, 0.3) is 0 Å². The molecule has 0 saturated carbocycles. The van der Waals surface area contributed by atoms with Crippen LogP contribution in [-0.4, -0.2) is 101 Å². The van der Waals surface area contributed by atoms with Crippen molar-refractivity contribution in [1.29, 1.82) is 0 Å². The van der Waals surface area contributed by atoms with E-state index < -0.39 is 0 Å². The van der Waals surface area contributed by atoms with E-state index in [9.17, 15) is 24.6 Å². The van der Waals surface area contributed by atoms with Gasteiger partial charge in [-0.15, -0.1) is 0 Å². The van der Waals surface area contributed by atoms with Crippen molar-refractivity contribution in [1.82, 2.24) is 0 Å². The predicted octanol–water partition coefficient (Wildman–Crippen LogP) is 7.40. The Bertz CT molecular complexity index is 779. The molecule has 0 aromatic carbocycles. The van der Waals surface area contributed by atoms with Crippen molar-refractivity contribution >= 4 is 17.9 Å². The van der Waals surface area contributed by atoms with E-state index >= 15 is 0 Å². The summed E-state index contributed by atoms with van der Waals surface area (Å²) in [5.74, 6) is -0.556. The number of unbranched alkanes of at least 4 members (excludes halogenated alkanes) is 15. The summed E-state index contributed by atoms with van der Waals surface area (Å²) in [6.45, 7) is 1.63. The molecule has 50 heavy (non-hydrogen) atoms. The molecule has 0 saturated heterocycles.